The fourth-order valence-corrected chi connectivity index (χ4v) is 4.68. The number of ether oxygens (including phenoxy) is 5. The van der Waals surface area contributed by atoms with Gasteiger partial charge in [0.25, 0.3) is 0 Å². The maximum absolute atomic E-state index is 11.9. The molecular weight excluding hydrogens is 532 g/mol. The summed E-state index contributed by atoms with van der Waals surface area (Å²) in [5, 5.41) is 7.51. The normalized spacial score (nSPS) is 20.6. The van der Waals surface area contributed by atoms with Crippen molar-refractivity contribution < 1.29 is 42.9 Å². The van der Waals surface area contributed by atoms with Crippen LogP contribution in [-0.2, 0) is 44.5 Å². The molecule has 222 valence electrons. The first-order chi connectivity index (χ1) is 19.5. The molecule has 1 aromatic carbocycles. The largest absolute Gasteiger partial charge is 0.463 e. The summed E-state index contributed by atoms with van der Waals surface area (Å²) in [5.74, 6) is -1.26. The Hall–Kier alpha value is -3.99. The number of nitrogens with one attached hydrogen (secondary N) is 1. The van der Waals surface area contributed by atoms with Gasteiger partial charge in [0, 0.05) is 44.9 Å². The number of esters is 3. The average Bonchev–Trinajstić information content (AvgIpc) is 3.27. The number of allylic oxidation sites excluding steroid dienone is 1. The Morgan fingerprint density at radius 2 is 1.85 bits per heavy atom. The molecule has 0 spiro atoms. The molecule has 3 rings (SSSR count). The second-order valence-corrected chi connectivity index (χ2v) is 10.2. The first kappa shape index (κ1) is 31.5. The Kier molecular flexibility index (Phi) is 11.2. The monoisotopic (exact) mass is 570 g/mol. The smallest absolute Gasteiger partial charge is 0.303 e. The first-order valence-electron chi connectivity index (χ1n) is 13.5. The Morgan fingerprint density at radius 3 is 2.46 bits per heavy atom. The van der Waals surface area contributed by atoms with Gasteiger partial charge in [-0.3, -0.25) is 19.5 Å². The number of H-pyrrole nitrogens is 1. The number of aromatic amines is 1. The maximum atomic E-state index is 11.9. The van der Waals surface area contributed by atoms with Crippen molar-refractivity contribution in [3.8, 4) is 5.88 Å². The second kappa shape index (κ2) is 14.6. The van der Waals surface area contributed by atoms with E-state index in [0.29, 0.717) is 18.7 Å². The lowest BCUT2D eigenvalue weighted by molar-refractivity contribution is -0.246. The number of aryl methyl sites for hydroxylation is 1. The van der Waals surface area contributed by atoms with E-state index in [1.807, 2.05) is 45.1 Å². The molecule has 2 heterocycles. The molecule has 1 aliphatic rings. The molecule has 41 heavy (non-hydrogen) atoms. The van der Waals surface area contributed by atoms with E-state index in [0.717, 1.165) is 34.2 Å². The molecule has 0 saturated carbocycles. The number of nitrogens with zero attached hydrogens (tertiary/aromatic N) is 1. The molecule has 0 amide bonds. The lowest BCUT2D eigenvalue weighted by atomic mass is 9.95. The van der Waals surface area contributed by atoms with Crippen molar-refractivity contribution in [1.29, 1.82) is 0 Å². The number of rotatable bonds is 12. The minimum atomic E-state index is -0.998. The van der Waals surface area contributed by atoms with Gasteiger partial charge in [0.2, 0.25) is 12.2 Å². The molecule has 1 aromatic heterocycles. The summed E-state index contributed by atoms with van der Waals surface area (Å²) in [7, 11) is 0. The minimum Gasteiger partial charge on any atom is -0.463 e. The van der Waals surface area contributed by atoms with E-state index in [2.05, 4.69) is 16.3 Å². The van der Waals surface area contributed by atoms with Gasteiger partial charge in [0.1, 0.15) is 25.1 Å². The molecule has 11 nitrogen and oxygen atoms in total. The average molecular weight is 571 g/mol. The Morgan fingerprint density at radius 1 is 1.12 bits per heavy atom. The Labute approximate surface area is 239 Å². The molecule has 0 radical (unpaired) electrons. The zero-order chi connectivity index (χ0) is 30.1. The predicted octanol–water partition coefficient (Wildman–Crippen LogP) is 3.95. The van der Waals surface area contributed by atoms with Crippen molar-refractivity contribution in [2.75, 3.05) is 6.61 Å². The van der Waals surface area contributed by atoms with Gasteiger partial charge in [0.05, 0.1) is 6.42 Å². The van der Waals surface area contributed by atoms with Gasteiger partial charge in [0.15, 0.2) is 6.10 Å². The Balaban J connectivity index is 1.89. The lowest BCUT2D eigenvalue weighted by Gasteiger charge is -2.39. The summed E-state index contributed by atoms with van der Waals surface area (Å²) >= 11 is 0. The third-order valence-corrected chi connectivity index (χ3v) is 6.51. The zero-order valence-electron chi connectivity index (χ0n) is 24.3. The first-order valence-corrected chi connectivity index (χ1v) is 13.5. The van der Waals surface area contributed by atoms with Crippen LogP contribution in [0.2, 0.25) is 0 Å². The van der Waals surface area contributed by atoms with Crippen LogP contribution in [0.25, 0.3) is 6.08 Å². The van der Waals surface area contributed by atoms with Gasteiger partial charge in [-0.1, -0.05) is 44.2 Å². The van der Waals surface area contributed by atoms with Gasteiger partial charge >= 0.3 is 17.9 Å². The van der Waals surface area contributed by atoms with E-state index in [1.165, 1.54) is 20.8 Å². The van der Waals surface area contributed by atoms with Crippen LogP contribution < -0.4 is 4.74 Å². The Bertz CT molecular complexity index is 1270. The van der Waals surface area contributed by atoms with Gasteiger partial charge in [-0.2, -0.15) is 0 Å². The van der Waals surface area contributed by atoms with Crippen LogP contribution in [0.1, 0.15) is 81.3 Å². The van der Waals surface area contributed by atoms with Crippen LogP contribution in [0, 0.1) is 6.92 Å². The van der Waals surface area contributed by atoms with Gasteiger partial charge in [-0.25, -0.2) is 0 Å². The molecule has 1 N–H and O–H groups in total. The summed E-state index contributed by atoms with van der Waals surface area (Å²) in [6.45, 7) is 9.61. The number of hydrogen-bond donors (Lipinski definition) is 1. The van der Waals surface area contributed by atoms with Crippen molar-refractivity contribution >= 4 is 30.3 Å². The SMILES string of the molecule is CC(=O)OCC1OC(Oc2n[nH]c(C(C)C)c2Cc2ccc(C=CCC=O)cc2C)CC(OC(C)=O)C1OC(C)=O. The van der Waals surface area contributed by atoms with Gasteiger partial charge in [-0.15, -0.1) is 5.10 Å². The molecule has 1 saturated heterocycles. The highest BCUT2D eigenvalue weighted by Crippen LogP contribution is 2.33. The van der Waals surface area contributed by atoms with Crippen molar-refractivity contribution in [1.82, 2.24) is 10.2 Å². The van der Waals surface area contributed by atoms with E-state index >= 15 is 0 Å². The molecule has 0 bridgehead atoms. The molecule has 4 atom stereocenters. The fourth-order valence-electron chi connectivity index (χ4n) is 4.68. The van der Waals surface area contributed by atoms with E-state index in [1.54, 1.807) is 0 Å². The number of carbonyl (C=O) groups excluding carboxylic acids is 4. The van der Waals surface area contributed by atoms with Crippen LogP contribution in [-0.4, -0.2) is 65.6 Å². The summed E-state index contributed by atoms with van der Waals surface area (Å²) in [6.07, 6.45) is 1.73. The van der Waals surface area contributed by atoms with Crippen molar-refractivity contribution in [3.05, 3.63) is 52.2 Å². The number of carbonyl (C=O) groups is 4. The summed E-state index contributed by atoms with van der Waals surface area (Å²) in [4.78, 5) is 45.8. The highest BCUT2D eigenvalue weighted by Gasteiger charge is 2.45. The van der Waals surface area contributed by atoms with Crippen LogP contribution >= 0.6 is 0 Å². The van der Waals surface area contributed by atoms with E-state index < -0.39 is 42.5 Å². The predicted molar refractivity (Wildman–Crippen MR) is 148 cm³/mol. The van der Waals surface area contributed by atoms with E-state index in [-0.39, 0.29) is 18.9 Å². The van der Waals surface area contributed by atoms with Crippen LogP contribution in [0.3, 0.4) is 0 Å². The van der Waals surface area contributed by atoms with Gasteiger partial charge < -0.3 is 28.5 Å². The second-order valence-electron chi connectivity index (χ2n) is 10.2. The third-order valence-electron chi connectivity index (χ3n) is 6.51. The minimum absolute atomic E-state index is 0.0538. The summed E-state index contributed by atoms with van der Waals surface area (Å²) in [6, 6.07) is 6.07. The number of aldehydes is 1. The molecule has 11 heteroatoms. The van der Waals surface area contributed by atoms with Crippen LogP contribution in [0.15, 0.2) is 24.3 Å². The highest BCUT2D eigenvalue weighted by molar-refractivity contribution is 5.68. The topological polar surface area (TPSA) is 143 Å². The van der Waals surface area contributed by atoms with Crippen molar-refractivity contribution in [2.45, 2.75) is 91.3 Å². The van der Waals surface area contributed by atoms with E-state index in [9.17, 15) is 19.2 Å². The molecule has 1 fully saturated rings. The quantitative estimate of drug-likeness (QED) is 0.226. The van der Waals surface area contributed by atoms with Crippen molar-refractivity contribution in [2.24, 2.45) is 0 Å². The summed E-state index contributed by atoms with van der Waals surface area (Å²) < 4.78 is 28.3. The maximum Gasteiger partial charge on any atom is 0.303 e. The number of aromatic nitrogens is 2. The molecule has 2 aromatic rings. The standard InChI is InChI=1S/C30H38N2O9/c1-17(2)28-24(14-23-11-10-22(13-18(23)3)9-7-8-12-33)30(32-31-28)41-27-15-25(38-20(5)35)29(39-21(6)36)26(40-27)16-37-19(4)34/h7,9-13,17,25-27,29H,8,14-16H2,1-6H3,(H,31,32). The summed E-state index contributed by atoms with van der Waals surface area (Å²) in [5.41, 5.74) is 4.87. The van der Waals surface area contributed by atoms with E-state index in [4.69, 9.17) is 23.7 Å². The zero-order valence-corrected chi connectivity index (χ0v) is 24.3. The molecule has 1 aliphatic heterocycles. The van der Waals surface area contributed by atoms with Crippen molar-refractivity contribution in [3.63, 3.8) is 0 Å². The molecule has 0 aliphatic carbocycles. The van der Waals surface area contributed by atoms with Crippen LogP contribution in [0.5, 0.6) is 5.88 Å². The third kappa shape index (κ3) is 9.01. The van der Waals surface area contributed by atoms with Crippen LogP contribution in [0.4, 0.5) is 0 Å². The lowest BCUT2D eigenvalue weighted by Crippen LogP contribution is -2.54. The van der Waals surface area contributed by atoms with Gasteiger partial charge in [-0.05, 0) is 29.5 Å². The molecular formula is C30H38N2O9. The fraction of sp³-hybridized carbons (Fsp3) is 0.500. The number of benzene rings is 1. The number of hydrogen-bond acceptors (Lipinski definition) is 10. The molecule has 4 unspecified atom stereocenters. The highest BCUT2D eigenvalue weighted by atomic mass is 16.7.